The van der Waals surface area contributed by atoms with E-state index in [4.69, 9.17) is 4.74 Å². The Balaban J connectivity index is 4.44. The van der Waals surface area contributed by atoms with Gasteiger partial charge >= 0.3 is 0 Å². The lowest BCUT2D eigenvalue weighted by atomic mass is 10.1. The standard InChI is InChI=1S/C10H14O3/c1-5-8(3)10(11)9(6-2)13-7-12-4/h5H,2,7H2,1,3-4H3/b8-5+. The van der Waals surface area contributed by atoms with Crippen LogP contribution in [0.15, 0.2) is 29.7 Å². The molecule has 0 atom stereocenters. The molecule has 0 aromatic carbocycles. The molecule has 0 fully saturated rings. The maximum Gasteiger partial charge on any atom is 0.231 e. The highest BCUT2D eigenvalue weighted by atomic mass is 16.7. The number of methoxy groups -OCH3 is 1. The number of carbonyl (C=O) groups is 1. The Labute approximate surface area is 78.3 Å². The first-order chi connectivity index (χ1) is 6.17. The lowest BCUT2D eigenvalue weighted by Gasteiger charge is -2.05. The summed E-state index contributed by atoms with van der Waals surface area (Å²) in [5, 5.41) is 0. The van der Waals surface area contributed by atoms with Crippen LogP contribution in [0.25, 0.3) is 0 Å². The molecule has 0 unspecified atom stereocenters. The van der Waals surface area contributed by atoms with E-state index in [9.17, 15) is 4.79 Å². The van der Waals surface area contributed by atoms with Crippen molar-refractivity contribution < 1.29 is 14.3 Å². The van der Waals surface area contributed by atoms with Gasteiger partial charge in [-0.3, -0.25) is 4.79 Å². The molecule has 0 saturated carbocycles. The molecule has 0 aromatic rings. The minimum atomic E-state index is -0.213. The number of Topliss-reactive ketones (excluding diaryl/α,β-unsaturated/α-hetero) is 1. The fraction of sp³-hybridized carbons (Fsp3) is 0.400. The van der Waals surface area contributed by atoms with Crippen molar-refractivity contribution in [3.8, 4) is 0 Å². The summed E-state index contributed by atoms with van der Waals surface area (Å²) < 4.78 is 9.61. The molecule has 0 aliphatic carbocycles. The molecular formula is C10H14O3. The van der Waals surface area contributed by atoms with E-state index in [0.29, 0.717) is 5.57 Å². The van der Waals surface area contributed by atoms with Gasteiger partial charge < -0.3 is 9.47 Å². The first-order valence-corrected chi connectivity index (χ1v) is 3.86. The molecule has 0 aliphatic heterocycles. The van der Waals surface area contributed by atoms with Gasteiger partial charge in [-0.05, 0) is 19.4 Å². The monoisotopic (exact) mass is 182 g/mol. The lowest BCUT2D eigenvalue weighted by Crippen LogP contribution is -2.08. The van der Waals surface area contributed by atoms with Crippen LogP contribution in [0, 0.1) is 0 Å². The summed E-state index contributed by atoms with van der Waals surface area (Å²) in [6.45, 7) is 6.88. The first-order valence-electron chi connectivity index (χ1n) is 3.86. The third-order valence-electron chi connectivity index (χ3n) is 1.48. The van der Waals surface area contributed by atoms with Crippen LogP contribution in [0.1, 0.15) is 13.8 Å². The van der Waals surface area contributed by atoms with E-state index in [1.165, 1.54) is 7.11 Å². The Hall–Kier alpha value is -1.31. The lowest BCUT2D eigenvalue weighted by molar-refractivity contribution is -0.117. The average molecular weight is 182 g/mol. The number of rotatable bonds is 5. The van der Waals surface area contributed by atoms with Crippen LogP contribution in [0.5, 0.6) is 0 Å². The van der Waals surface area contributed by atoms with Crippen LogP contribution in [0.3, 0.4) is 0 Å². The fourth-order valence-electron chi connectivity index (χ4n) is 0.625. The second-order valence-corrected chi connectivity index (χ2v) is 2.36. The maximum atomic E-state index is 11.4. The van der Waals surface area contributed by atoms with E-state index in [1.54, 1.807) is 19.9 Å². The zero-order valence-corrected chi connectivity index (χ0v) is 8.22. The van der Waals surface area contributed by atoms with Crippen LogP contribution < -0.4 is 0 Å². The Morgan fingerprint density at radius 3 is 2.62 bits per heavy atom. The van der Waals surface area contributed by atoms with Crippen LogP contribution in [0.2, 0.25) is 0 Å². The number of carbonyl (C=O) groups excluding carboxylic acids is 1. The van der Waals surface area contributed by atoms with E-state index in [1.807, 2.05) is 0 Å². The van der Waals surface area contributed by atoms with Gasteiger partial charge in [-0.15, -0.1) is 0 Å². The Morgan fingerprint density at radius 1 is 1.62 bits per heavy atom. The van der Waals surface area contributed by atoms with Crippen LogP contribution >= 0.6 is 0 Å². The summed E-state index contributed by atoms with van der Waals surface area (Å²) in [6.07, 6.45) is 1.70. The van der Waals surface area contributed by atoms with Crippen molar-refractivity contribution in [2.45, 2.75) is 13.8 Å². The van der Waals surface area contributed by atoms with Crippen molar-refractivity contribution in [2.75, 3.05) is 13.9 Å². The van der Waals surface area contributed by atoms with Gasteiger partial charge in [-0.1, -0.05) is 18.4 Å². The van der Waals surface area contributed by atoms with Crippen molar-refractivity contribution in [1.82, 2.24) is 0 Å². The third kappa shape index (κ3) is 3.74. The first kappa shape index (κ1) is 11.7. The molecule has 0 saturated heterocycles. The summed E-state index contributed by atoms with van der Waals surface area (Å²) in [4.78, 5) is 11.4. The van der Waals surface area contributed by atoms with Gasteiger partial charge in [0.1, 0.15) is 0 Å². The van der Waals surface area contributed by atoms with Gasteiger partial charge in [0.25, 0.3) is 0 Å². The predicted molar refractivity (Wildman–Crippen MR) is 50.1 cm³/mol. The number of hydrogen-bond acceptors (Lipinski definition) is 3. The normalized spacial score (nSPS) is 10.5. The fourth-order valence-corrected chi connectivity index (χ4v) is 0.625. The zero-order chi connectivity index (χ0) is 10.3. The molecule has 0 aliphatic rings. The largest absolute Gasteiger partial charge is 0.456 e. The van der Waals surface area contributed by atoms with E-state index in [2.05, 4.69) is 17.0 Å². The van der Waals surface area contributed by atoms with Crippen molar-refractivity contribution in [3.63, 3.8) is 0 Å². The van der Waals surface area contributed by atoms with E-state index in [-0.39, 0.29) is 18.3 Å². The van der Waals surface area contributed by atoms with Gasteiger partial charge in [0.2, 0.25) is 11.5 Å². The number of allylic oxidation sites excluding steroid dienone is 2. The van der Waals surface area contributed by atoms with Crippen molar-refractivity contribution >= 4 is 5.78 Å². The molecule has 3 heteroatoms. The van der Waals surface area contributed by atoms with Gasteiger partial charge in [0.15, 0.2) is 6.79 Å². The summed E-state index contributed by atoms with van der Waals surface area (Å²) in [6, 6.07) is 0. The topological polar surface area (TPSA) is 35.5 Å². The summed E-state index contributed by atoms with van der Waals surface area (Å²) in [5.41, 5.74) is 3.03. The summed E-state index contributed by atoms with van der Waals surface area (Å²) in [7, 11) is 1.48. The molecule has 72 valence electrons. The minimum Gasteiger partial charge on any atom is -0.456 e. The smallest absolute Gasteiger partial charge is 0.231 e. The second kappa shape index (κ2) is 6.23. The second-order valence-electron chi connectivity index (χ2n) is 2.36. The minimum absolute atomic E-state index is 0.0284. The number of hydrogen-bond donors (Lipinski definition) is 0. The van der Waals surface area contributed by atoms with Crippen LogP contribution in [0.4, 0.5) is 0 Å². The molecule has 0 amide bonds. The Kier molecular flexibility index (Phi) is 5.60. The molecule has 3 nitrogen and oxygen atoms in total. The molecule has 0 spiro atoms. The van der Waals surface area contributed by atoms with Gasteiger partial charge in [-0.25, -0.2) is 0 Å². The van der Waals surface area contributed by atoms with Crippen molar-refractivity contribution in [2.24, 2.45) is 0 Å². The maximum absolute atomic E-state index is 11.4. The molecule has 0 radical (unpaired) electrons. The van der Waals surface area contributed by atoms with Gasteiger partial charge in [0, 0.05) is 7.11 Å². The molecule has 0 heterocycles. The highest BCUT2D eigenvalue weighted by Gasteiger charge is 2.11. The van der Waals surface area contributed by atoms with Crippen LogP contribution in [-0.4, -0.2) is 19.7 Å². The highest BCUT2D eigenvalue weighted by molar-refractivity contribution is 6.06. The van der Waals surface area contributed by atoms with E-state index in [0.717, 1.165) is 0 Å². The quantitative estimate of drug-likeness (QED) is 0.281. The third-order valence-corrected chi connectivity index (χ3v) is 1.48. The van der Waals surface area contributed by atoms with E-state index >= 15 is 0 Å². The average Bonchev–Trinajstić information content (AvgIpc) is 2.17. The Morgan fingerprint density at radius 2 is 2.23 bits per heavy atom. The zero-order valence-electron chi connectivity index (χ0n) is 8.22. The molecule has 13 heavy (non-hydrogen) atoms. The molecule has 0 aromatic heterocycles. The number of ketones is 1. The number of ether oxygens (including phenoxy) is 2. The van der Waals surface area contributed by atoms with Gasteiger partial charge in [0.05, 0.1) is 0 Å². The van der Waals surface area contributed by atoms with Crippen molar-refractivity contribution in [3.05, 3.63) is 29.7 Å². The van der Waals surface area contributed by atoms with Crippen LogP contribution in [-0.2, 0) is 14.3 Å². The molecule has 0 N–H and O–H groups in total. The van der Waals surface area contributed by atoms with Gasteiger partial charge in [-0.2, -0.15) is 0 Å². The predicted octanol–water partition coefficient (Wildman–Crippen LogP) is 1.81. The molecule has 0 rings (SSSR count). The van der Waals surface area contributed by atoms with Crippen molar-refractivity contribution in [1.29, 1.82) is 0 Å². The summed E-state index contributed by atoms with van der Waals surface area (Å²) >= 11 is 0. The molecular weight excluding hydrogens is 168 g/mol. The molecule has 0 bridgehead atoms. The SMILES string of the molecule is C=C=C(OCOC)C(=O)/C(C)=C/C. The van der Waals surface area contributed by atoms with E-state index < -0.39 is 0 Å². The summed E-state index contributed by atoms with van der Waals surface area (Å²) in [5.74, 6) is -0.119. The highest BCUT2D eigenvalue weighted by Crippen LogP contribution is 2.05. The Bertz CT molecular complexity index is 257.